The summed E-state index contributed by atoms with van der Waals surface area (Å²) in [5, 5.41) is 5.18. The highest BCUT2D eigenvalue weighted by atomic mass is 16.5. The first-order valence-electron chi connectivity index (χ1n) is 10.6. The highest BCUT2D eigenvalue weighted by molar-refractivity contribution is 5.91. The minimum absolute atomic E-state index is 0.00670. The van der Waals surface area contributed by atoms with E-state index in [0.717, 1.165) is 23.6 Å². The topological polar surface area (TPSA) is 71.8 Å². The maximum atomic E-state index is 12.3. The second-order valence-corrected chi connectivity index (χ2v) is 7.72. The van der Waals surface area contributed by atoms with Crippen molar-refractivity contribution in [2.75, 3.05) is 26.2 Å². The molecule has 0 spiro atoms. The maximum Gasteiger partial charge on any atom is 0.257 e. The standard InChI is InChI=1S/C25H26N2O4/c28-24(18-31-23-8-7-20-4-1-2-5-21(20)16-23)26-17-19-11-13-27(14-12-19)25(29)10-9-22-6-3-15-30-22/h1-10,15-16,19H,11-14,17-18H2,(H,26,28)/b10-9+. The number of carbonyl (C=O) groups is 2. The zero-order valence-electron chi connectivity index (χ0n) is 17.3. The Bertz CT molecular complexity index is 1050. The summed E-state index contributed by atoms with van der Waals surface area (Å²) < 4.78 is 10.8. The first kappa shape index (κ1) is 20.7. The Labute approximate surface area is 181 Å². The van der Waals surface area contributed by atoms with Crippen molar-refractivity contribution in [3.8, 4) is 5.75 Å². The first-order chi connectivity index (χ1) is 15.2. The minimum Gasteiger partial charge on any atom is -0.484 e. The quantitative estimate of drug-likeness (QED) is 0.591. The fraction of sp³-hybridized carbons (Fsp3) is 0.280. The largest absolute Gasteiger partial charge is 0.484 e. The van der Waals surface area contributed by atoms with Gasteiger partial charge in [0, 0.05) is 25.7 Å². The highest BCUT2D eigenvalue weighted by Gasteiger charge is 2.22. The van der Waals surface area contributed by atoms with Crippen molar-refractivity contribution < 1.29 is 18.7 Å². The number of rotatable bonds is 7. The van der Waals surface area contributed by atoms with E-state index in [2.05, 4.69) is 5.32 Å². The van der Waals surface area contributed by atoms with Crippen LogP contribution in [0.3, 0.4) is 0 Å². The Morgan fingerprint density at radius 1 is 1.06 bits per heavy atom. The van der Waals surface area contributed by atoms with Gasteiger partial charge in [-0.05, 0) is 59.9 Å². The van der Waals surface area contributed by atoms with Gasteiger partial charge in [-0.25, -0.2) is 0 Å². The Balaban J connectivity index is 1.16. The van der Waals surface area contributed by atoms with E-state index in [4.69, 9.17) is 9.15 Å². The van der Waals surface area contributed by atoms with Crippen LogP contribution in [0.5, 0.6) is 5.75 Å². The van der Waals surface area contributed by atoms with Crippen LogP contribution < -0.4 is 10.1 Å². The summed E-state index contributed by atoms with van der Waals surface area (Å²) in [5.41, 5.74) is 0. The fourth-order valence-electron chi connectivity index (χ4n) is 3.72. The lowest BCUT2D eigenvalue weighted by Gasteiger charge is -2.31. The molecule has 1 N–H and O–H groups in total. The molecule has 0 unspecified atom stereocenters. The Kier molecular flexibility index (Phi) is 6.67. The third-order valence-electron chi connectivity index (χ3n) is 5.54. The number of ether oxygens (including phenoxy) is 1. The number of nitrogens with one attached hydrogen (secondary N) is 1. The molecule has 3 aromatic rings. The van der Waals surface area contributed by atoms with Crippen molar-refractivity contribution in [3.05, 3.63) is 72.7 Å². The van der Waals surface area contributed by atoms with Crippen molar-refractivity contribution >= 4 is 28.7 Å². The zero-order chi connectivity index (χ0) is 21.5. The number of amides is 2. The van der Waals surface area contributed by atoms with Gasteiger partial charge < -0.3 is 19.4 Å². The molecule has 0 atom stereocenters. The summed E-state index contributed by atoms with van der Waals surface area (Å²) >= 11 is 0. The van der Waals surface area contributed by atoms with E-state index in [-0.39, 0.29) is 18.4 Å². The maximum absolute atomic E-state index is 12.3. The number of furan rings is 1. The van der Waals surface area contributed by atoms with Crippen molar-refractivity contribution in [2.24, 2.45) is 5.92 Å². The molecule has 160 valence electrons. The number of piperidine rings is 1. The lowest BCUT2D eigenvalue weighted by atomic mass is 9.96. The number of likely N-dealkylation sites (tertiary alicyclic amines) is 1. The molecule has 31 heavy (non-hydrogen) atoms. The smallest absolute Gasteiger partial charge is 0.257 e. The normalized spacial score (nSPS) is 14.8. The van der Waals surface area contributed by atoms with Crippen LogP contribution >= 0.6 is 0 Å². The lowest BCUT2D eigenvalue weighted by molar-refractivity contribution is -0.128. The molecule has 0 saturated carbocycles. The van der Waals surface area contributed by atoms with Crippen LogP contribution in [0.25, 0.3) is 16.8 Å². The molecule has 1 aliphatic heterocycles. The van der Waals surface area contributed by atoms with Gasteiger partial charge in [0.25, 0.3) is 5.91 Å². The van der Waals surface area contributed by atoms with Crippen LogP contribution in [0.15, 0.2) is 71.4 Å². The molecule has 0 radical (unpaired) electrons. The number of nitrogens with zero attached hydrogens (tertiary/aromatic N) is 1. The summed E-state index contributed by atoms with van der Waals surface area (Å²) in [7, 11) is 0. The molecule has 1 saturated heterocycles. The molecule has 4 rings (SSSR count). The van der Waals surface area contributed by atoms with Gasteiger partial charge in [0.15, 0.2) is 6.61 Å². The molecule has 0 bridgehead atoms. The van der Waals surface area contributed by atoms with Gasteiger partial charge in [-0.15, -0.1) is 0 Å². The predicted octanol–water partition coefficient (Wildman–Crippen LogP) is 3.88. The summed E-state index contributed by atoms with van der Waals surface area (Å²) in [6, 6.07) is 17.4. The summed E-state index contributed by atoms with van der Waals surface area (Å²) in [6.07, 6.45) is 6.55. The molecule has 0 aliphatic carbocycles. The van der Waals surface area contributed by atoms with Crippen LogP contribution in [-0.4, -0.2) is 43.0 Å². The Hall–Kier alpha value is -3.54. The molecule has 6 nitrogen and oxygen atoms in total. The fourth-order valence-corrected chi connectivity index (χ4v) is 3.72. The van der Waals surface area contributed by atoms with E-state index in [1.165, 1.54) is 0 Å². The summed E-state index contributed by atoms with van der Waals surface area (Å²) in [5.74, 6) is 1.57. The summed E-state index contributed by atoms with van der Waals surface area (Å²) in [4.78, 5) is 26.3. The van der Waals surface area contributed by atoms with Crippen molar-refractivity contribution in [1.29, 1.82) is 0 Å². The minimum atomic E-state index is -0.131. The molecule has 1 aromatic heterocycles. The van der Waals surface area contributed by atoms with Gasteiger partial charge in [-0.1, -0.05) is 30.3 Å². The first-order valence-corrected chi connectivity index (χ1v) is 10.6. The van der Waals surface area contributed by atoms with Crippen molar-refractivity contribution in [2.45, 2.75) is 12.8 Å². The van der Waals surface area contributed by atoms with E-state index in [1.807, 2.05) is 53.4 Å². The van der Waals surface area contributed by atoms with Crippen LogP contribution in [0, 0.1) is 5.92 Å². The van der Waals surface area contributed by atoms with Gasteiger partial charge >= 0.3 is 0 Å². The monoisotopic (exact) mass is 418 g/mol. The van der Waals surface area contributed by atoms with Gasteiger partial charge in [-0.2, -0.15) is 0 Å². The number of benzene rings is 2. The van der Waals surface area contributed by atoms with Gasteiger partial charge in [0.05, 0.1) is 6.26 Å². The van der Waals surface area contributed by atoms with Crippen molar-refractivity contribution in [1.82, 2.24) is 10.2 Å². The molecule has 1 fully saturated rings. The highest BCUT2D eigenvalue weighted by Crippen LogP contribution is 2.20. The zero-order valence-corrected chi connectivity index (χ0v) is 17.3. The number of hydrogen-bond donors (Lipinski definition) is 1. The van der Waals surface area contributed by atoms with Crippen LogP contribution in [0.4, 0.5) is 0 Å². The molecular formula is C25H26N2O4. The number of carbonyl (C=O) groups excluding carboxylic acids is 2. The average molecular weight is 418 g/mol. The van der Waals surface area contributed by atoms with Crippen LogP contribution in [0.2, 0.25) is 0 Å². The van der Waals surface area contributed by atoms with E-state index >= 15 is 0 Å². The molecule has 2 heterocycles. The Morgan fingerprint density at radius 3 is 2.65 bits per heavy atom. The van der Waals surface area contributed by atoms with Crippen LogP contribution in [0.1, 0.15) is 18.6 Å². The van der Waals surface area contributed by atoms with Gasteiger partial charge in [0.1, 0.15) is 11.5 Å². The summed E-state index contributed by atoms with van der Waals surface area (Å²) in [6.45, 7) is 1.97. The third-order valence-corrected chi connectivity index (χ3v) is 5.54. The van der Waals surface area contributed by atoms with Crippen molar-refractivity contribution in [3.63, 3.8) is 0 Å². The second kappa shape index (κ2) is 9.98. The predicted molar refractivity (Wildman–Crippen MR) is 119 cm³/mol. The van der Waals surface area contributed by atoms with E-state index < -0.39 is 0 Å². The lowest BCUT2D eigenvalue weighted by Crippen LogP contribution is -2.41. The van der Waals surface area contributed by atoms with Crippen LogP contribution in [-0.2, 0) is 9.59 Å². The molecule has 2 amide bonds. The third kappa shape index (κ3) is 5.75. The van der Waals surface area contributed by atoms with Gasteiger partial charge in [0.2, 0.25) is 5.91 Å². The van der Waals surface area contributed by atoms with Gasteiger partial charge in [-0.3, -0.25) is 9.59 Å². The van der Waals surface area contributed by atoms with E-state index in [1.54, 1.807) is 24.5 Å². The Morgan fingerprint density at radius 2 is 1.87 bits per heavy atom. The molecular weight excluding hydrogens is 392 g/mol. The number of hydrogen-bond acceptors (Lipinski definition) is 4. The number of fused-ring (bicyclic) bond motifs is 1. The molecule has 6 heteroatoms. The SMILES string of the molecule is O=C(COc1ccc2ccccc2c1)NCC1CCN(C(=O)/C=C/c2ccco2)CC1. The van der Waals surface area contributed by atoms with E-state index in [9.17, 15) is 9.59 Å². The molecule has 2 aromatic carbocycles. The molecule has 1 aliphatic rings. The average Bonchev–Trinajstić information content (AvgIpc) is 3.34. The second-order valence-electron chi connectivity index (χ2n) is 7.72. The van der Waals surface area contributed by atoms with E-state index in [0.29, 0.717) is 37.1 Å².